The van der Waals surface area contributed by atoms with E-state index in [1.807, 2.05) is 44.2 Å². The summed E-state index contributed by atoms with van der Waals surface area (Å²) in [6.45, 7) is 4.54. The second-order valence-electron chi connectivity index (χ2n) is 6.25. The Bertz CT molecular complexity index is 750. The van der Waals surface area contributed by atoms with Crippen LogP contribution in [0, 0.1) is 0 Å². The fourth-order valence-electron chi connectivity index (χ4n) is 2.51. The van der Waals surface area contributed by atoms with Crippen LogP contribution in [0.2, 0.25) is 0 Å². The predicted molar refractivity (Wildman–Crippen MR) is 100 cm³/mol. The van der Waals surface area contributed by atoms with Gasteiger partial charge in [-0.2, -0.15) is 13.2 Å². The fraction of sp³-hybridized carbons (Fsp3) is 0.381. The van der Waals surface area contributed by atoms with Crippen LogP contribution in [0.25, 0.3) is 0 Å². The van der Waals surface area contributed by atoms with Crippen molar-refractivity contribution in [2.24, 2.45) is 0 Å². The van der Waals surface area contributed by atoms with E-state index in [1.165, 1.54) is 12.1 Å². The summed E-state index contributed by atoms with van der Waals surface area (Å²) in [5, 5.41) is 0. The van der Waals surface area contributed by atoms with E-state index >= 15 is 0 Å². The average molecular weight is 395 g/mol. The molecule has 0 aliphatic heterocycles. The molecule has 0 spiro atoms. The predicted octanol–water partition coefficient (Wildman–Crippen LogP) is 5.52. The highest BCUT2D eigenvalue weighted by molar-refractivity contribution is 5.67. The summed E-state index contributed by atoms with van der Waals surface area (Å²) < 4.78 is 49.3. The summed E-state index contributed by atoms with van der Waals surface area (Å²) in [7, 11) is 0. The third-order valence-corrected chi connectivity index (χ3v) is 4.18. The van der Waals surface area contributed by atoms with Crippen LogP contribution in [0.4, 0.5) is 18.0 Å². The topological polar surface area (TPSA) is 38.8 Å². The van der Waals surface area contributed by atoms with Gasteiger partial charge in [-0.05, 0) is 37.1 Å². The Hall–Kier alpha value is -2.70. The van der Waals surface area contributed by atoms with Crippen molar-refractivity contribution in [1.82, 2.24) is 4.90 Å². The second kappa shape index (κ2) is 10.0. The van der Waals surface area contributed by atoms with Gasteiger partial charge in [-0.15, -0.1) is 0 Å². The Morgan fingerprint density at radius 2 is 1.79 bits per heavy atom. The summed E-state index contributed by atoms with van der Waals surface area (Å²) in [6.07, 6.45) is -5.00. The number of ether oxygens (including phenoxy) is 2. The van der Waals surface area contributed by atoms with Gasteiger partial charge < -0.3 is 14.4 Å². The molecule has 0 bridgehead atoms. The molecule has 152 valence electrons. The number of carbonyl (C=O) groups is 1. The van der Waals surface area contributed by atoms with Crippen LogP contribution >= 0.6 is 0 Å². The van der Waals surface area contributed by atoms with Crippen molar-refractivity contribution in [3.8, 4) is 5.75 Å². The number of hydrogen-bond acceptors (Lipinski definition) is 3. The normalized spacial score (nSPS) is 12.3. The fourth-order valence-corrected chi connectivity index (χ4v) is 2.51. The molecule has 0 N–H and O–H groups in total. The third kappa shape index (κ3) is 6.48. The molecule has 0 aliphatic carbocycles. The van der Waals surface area contributed by atoms with Gasteiger partial charge >= 0.3 is 12.3 Å². The summed E-state index contributed by atoms with van der Waals surface area (Å²) in [6, 6.07) is 14.2. The van der Waals surface area contributed by atoms with Crippen LogP contribution in [-0.2, 0) is 17.5 Å². The van der Waals surface area contributed by atoms with Gasteiger partial charge in [-0.3, -0.25) is 0 Å². The van der Waals surface area contributed by atoms with Crippen molar-refractivity contribution in [3.05, 3.63) is 65.7 Å². The lowest BCUT2D eigenvalue weighted by atomic mass is 10.2. The van der Waals surface area contributed by atoms with Crippen molar-refractivity contribution in [2.45, 2.75) is 39.1 Å². The first-order valence-corrected chi connectivity index (χ1v) is 9.13. The van der Waals surface area contributed by atoms with Gasteiger partial charge in [0.15, 0.2) is 0 Å². The number of amides is 1. The number of benzene rings is 2. The van der Waals surface area contributed by atoms with Gasteiger partial charge in [0.25, 0.3) is 0 Å². The zero-order valence-corrected chi connectivity index (χ0v) is 15.9. The number of hydrogen-bond donors (Lipinski definition) is 0. The van der Waals surface area contributed by atoms with Gasteiger partial charge in [-0.25, -0.2) is 4.79 Å². The first kappa shape index (κ1) is 21.6. The Morgan fingerprint density at radius 3 is 2.39 bits per heavy atom. The number of nitrogens with zero attached hydrogens (tertiary/aromatic N) is 1. The largest absolute Gasteiger partial charge is 0.490 e. The van der Waals surface area contributed by atoms with E-state index < -0.39 is 23.9 Å². The van der Waals surface area contributed by atoms with Crippen LogP contribution in [0.1, 0.15) is 31.4 Å². The molecule has 1 unspecified atom stereocenters. The highest BCUT2D eigenvalue weighted by atomic mass is 19.4. The summed E-state index contributed by atoms with van der Waals surface area (Å²) >= 11 is 0. The molecule has 2 rings (SSSR count). The molecule has 0 saturated heterocycles. The molecule has 28 heavy (non-hydrogen) atoms. The number of halogens is 3. The minimum Gasteiger partial charge on any atom is -0.490 e. The van der Waals surface area contributed by atoms with Crippen LogP contribution in [0.15, 0.2) is 54.6 Å². The molecule has 0 aromatic heterocycles. The molecule has 2 aromatic rings. The molecule has 0 radical (unpaired) electrons. The maximum absolute atomic E-state index is 12.8. The monoisotopic (exact) mass is 395 g/mol. The van der Waals surface area contributed by atoms with E-state index in [9.17, 15) is 18.0 Å². The Labute approximate surface area is 162 Å². The number of alkyl halides is 3. The molecule has 1 atom stereocenters. The Kier molecular flexibility index (Phi) is 7.72. The molecule has 0 aliphatic rings. The number of rotatable bonds is 8. The van der Waals surface area contributed by atoms with Gasteiger partial charge in [0.2, 0.25) is 0 Å². The minimum atomic E-state index is -4.44. The molecule has 4 nitrogen and oxygen atoms in total. The Balaban J connectivity index is 1.93. The van der Waals surface area contributed by atoms with E-state index in [1.54, 1.807) is 4.90 Å². The quantitative estimate of drug-likeness (QED) is 0.591. The first-order valence-electron chi connectivity index (χ1n) is 9.13. The SMILES string of the molecule is CCC(COc1cccc(C(F)(F)F)c1)OC(=O)N(CC)Cc1ccccc1. The average Bonchev–Trinajstić information content (AvgIpc) is 2.69. The third-order valence-electron chi connectivity index (χ3n) is 4.18. The lowest BCUT2D eigenvalue weighted by Gasteiger charge is -2.24. The van der Waals surface area contributed by atoms with E-state index in [2.05, 4.69) is 0 Å². The van der Waals surface area contributed by atoms with Gasteiger partial charge in [0, 0.05) is 13.1 Å². The summed E-state index contributed by atoms with van der Waals surface area (Å²) in [4.78, 5) is 14.0. The smallest absolute Gasteiger partial charge is 0.416 e. The van der Waals surface area contributed by atoms with Crippen LogP contribution in [-0.4, -0.2) is 30.2 Å². The van der Waals surface area contributed by atoms with Crippen LogP contribution in [0.5, 0.6) is 5.75 Å². The molecule has 0 fully saturated rings. The van der Waals surface area contributed by atoms with E-state index in [0.717, 1.165) is 17.7 Å². The van der Waals surface area contributed by atoms with E-state index in [0.29, 0.717) is 19.5 Å². The maximum Gasteiger partial charge on any atom is 0.416 e. The van der Waals surface area contributed by atoms with Crippen molar-refractivity contribution in [3.63, 3.8) is 0 Å². The molecule has 7 heteroatoms. The Morgan fingerprint density at radius 1 is 1.07 bits per heavy atom. The minimum absolute atomic E-state index is 0.0214. The summed E-state index contributed by atoms with van der Waals surface area (Å²) in [5.74, 6) is 0.0842. The molecular weight excluding hydrogens is 371 g/mol. The molecule has 0 saturated carbocycles. The maximum atomic E-state index is 12.8. The van der Waals surface area contributed by atoms with E-state index in [-0.39, 0.29) is 12.4 Å². The standard InChI is InChI=1S/C21H24F3NO3/c1-3-18(15-27-19-12-8-11-17(13-19)21(22,23)24)28-20(26)25(4-2)14-16-9-6-5-7-10-16/h5-13,18H,3-4,14-15H2,1-2H3. The second-order valence-corrected chi connectivity index (χ2v) is 6.25. The van der Waals surface area contributed by atoms with Crippen LogP contribution in [0.3, 0.4) is 0 Å². The van der Waals surface area contributed by atoms with Crippen molar-refractivity contribution in [2.75, 3.05) is 13.2 Å². The molecular formula is C21H24F3NO3. The van der Waals surface area contributed by atoms with E-state index in [4.69, 9.17) is 9.47 Å². The first-order chi connectivity index (χ1) is 13.3. The molecule has 2 aromatic carbocycles. The lowest BCUT2D eigenvalue weighted by molar-refractivity contribution is -0.137. The highest BCUT2D eigenvalue weighted by Gasteiger charge is 2.30. The van der Waals surface area contributed by atoms with Crippen molar-refractivity contribution >= 4 is 6.09 Å². The molecule has 1 amide bonds. The van der Waals surface area contributed by atoms with Gasteiger partial charge in [-0.1, -0.05) is 43.3 Å². The van der Waals surface area contributed by atoms with Gasteiger partial charge in [0.05, 0.1) is 5.56 Å². The van der Waals surface area contributed by atoms with Crippen molar-refractivity contribution < 1.29 is 27.4 Å². The molecule has 0 heterocycles. The summed E-state index contributed by atoms with van der Waals surface area (Å²) in [5.41, 5.74) is 0.199. The zero-order chi connectivity index (χ0) is 20.6. The lowest BCUT2D eigenvalue weighted by Crippen LogP contribution is -2.35. The van der Waals surface area contributed by atoms with Gasteiger partial charge in [0.1, 0.15) is 18.5 Å². The van der Waals surface area contributed by atoms with Crippen LogP contribution < -0.4 is 4.74 Å². The van der Waals surface area contributed by atoms with Crippen molar-refractivity contribution in [1.29, 1.82) is 0 Å². The highest BCUT2D eigenvalue weighted by Crippen LogP contribution is 2.31. The number of carbonyl (C=O) groups excluding carboxylic acids is 1. The zero-order valence-electron chi connectivity index (χ0n) is 15.9.